The van der Waals surface area contributed by atoms with Gasteiger partial charge < -0.3 is 10.2 Å². The number of carbonyl (C=O) groups excluding carboxylic acids is 1. The molecule has 0 radical (unpaired) electrons. The summed E-state index contributed by atoms with van der Waals surface area (Å²) in [4.78, 5) is 23.2. The highest BCUT2D eigenvalue weighted by atomic mass is 16.2. The fourth-order valence-corrected chi connectivity index (χ4v) is 2.98. The monoisotopic (exact) mass is 360 g/mol. The van der Waals surface area contributed by atoms with Crippen LogP contribution in [0.5, 0.6) is 0 Å². The number of aryl methyl sites for hydroxylation is 1. The second-order valence-corrected chi connectivity index (χ2v) is 6.45. The summed E-state index contributed by atoms with van der Waals surface area (Å²) >= 11 is 0. The second kappa shape index (κ2) is 8.45. The van der Waals surface area contributed by atoms with Crippen molar-refractivity contribution in [3.05, 3.63) is 83.8 Å². The summed E-state index contributed by atoms with van der Waals surface area (Å²) in [5, 5.41) is 3.34. The molecule has 27 heavy (non-hydrogen) atoms. The first kappa shape index (κ1) is 18.6. The lowest BCUT2D eigenvalue weighted by Gasteiger charge is -2.21. The first-order chi connectivity index (χ1) is 13.1. The van der Waals surface area contributed by atoms with E-state index in [4.69, 9.17) is 0 Å². The second-order valence-electron chi connectivity index (χ2n) is 6.45. The SMILES string of the molecule is CCN(C(=O)c1cc(NC(C)c2ccccc2)ncn1)c1cccc(C)c1. The lowest BCUT2D eigenvalue weighted by Crippen LogP contribution is -2.31. The van der Waals surface area contributed by atoms with Crippen LogP contribution < -0.4 is 10.2 Å². The van der Waals surface area contributed by atoms with Crippen LogP contribution >= 0.6 is 0 Å². The lowest BCUT2D eigenvalue weighted by molar-refractivity contribution is 0.0983. The molecule has 5 nitrogen and oxygen atoms in total. The molecule has 3 rings (SSSR count). The van der Waals surface area contributed by atoms with E-state index in [0.717, 1.165) is 16.8 Å². The van der Waals surface area contributed by atoms with Gasteiger partial charge in [0.15, 0.2) is 0 Å². The molecule has 138 valence electrons. The number of carbonyl (C=O) groups is 1. The molecule has 0 aliphatic rings. The number of rotatable bonds is 6. The molecule has 1 unspecified atom stereocenters. The van der Waals surface area contributed by atoms with E-state index in [1.54, 1.807) is 11.0 Å². The van der Waals surface area contributed by atoms with E-state index in [2.05, 4.69) is 34.3 Å². The van der Waals surface area contributed by atoms with Crippen molar-refractivity contribution in [1.29, 1.82) is 0 Å². The third kappa shape index (κ3) is 4.50. The third-order valence-corrected chi connectivity index (χ3v) is 4.42. The van der Waals surface area contributed by atoms with Crippen molar-refractivity contribution < 1.29 is 4.79 Å². The fourth-order valence-electron chi connectivity index (χ4n) is 2.98. The van der Waals surface area contributed by atoms with Crippen LogP contribution in [0.2, 0.25) is 0 Å². The number of amides is 1. The van der Waals surface area contributed by atoms with Gasteiger partial charge in [0.2, 0.25) is 0 Å². The van der Waals surface area contributed by atoms with Gasteiger partial charge in [-0.2, -0.15) is 0 Å². The Bertz CT molecular complexity index is 911. The molecule has 0 aliphatic heterocycles. The molecule has 0 saturated carbocycles. The Labute approximate surface area is 160 Å². The highest BCUT2D eigenvalue weighted by molar-refractivity contribution is 6.05. The largest absolute Gasteiger partial charge is 0.363 e. The van der Waals surface area contributed by atoms with E-state index in [9.17, 15) is 4.79 Å². The van der Waals surface area contributed by atoms with Gasteiger partial charge in [-0.15, -0.1) is 0 Å². The van der Waals surface area contributed by atoms with Gasteiger partial charge in [0.25, 0.3) is 5.91 Å². The summed E-state index contributed by atoms with van der Waals surface area (Å²) < 4.78 is 0. The van der Waals surface area contributed by atoms with E-state index in [-0.39, 0.29) is 11.9 Å². The van der Waals surface area contributed by atoms with E-state index in [1.807, 2.05) is 56.3 Å². The van der Waals surface area contributed by atoms with Gasteiger partial charge in [0.1, 0.15) is 17.8 Å². The van der Waals surface area contributed by atoms with Crippen LogP contribution in [0, 0.1) is 6.92 Å². The highest BCUT2D eigenvalue weighted by Crippen LogP contribution is 2.20. The Morgan fingerprint density at radius 3 is 2.56 bits per heavy atom. The highest BCUT2D eigenvalue weighted by Gasteiger charge is 2.18. The molecule has 2 aromatic carbocycles. The number of hydrogen-bond acceptors (Lipinski definition) is 4. The zero-order chi connectivity index (χ0) is 19.2. The van der Waals surface area contributed by atoms with Crippen LogP contribution in [0.15, 0.2) is 67.0 Å². The molecule has 5 heteroatoms. The van der Waals surface area contributed by atoms with Crippen molar-refractivity contribution in [2.45, 2.75) is 26.8 Å². The summed E-state index contributed by atoms with van der Waals surface area (Å²) in [6.07, 6.45) is 1.43. The van der Waals surface area contributed by atoms with Gasteiger partial charge in [-0.3, -0.25) is 4.79 Å². The van der Waals surface area contributed by atoms with Crippen LogP contribution in [0.4, 0.5) is 11.5 Å². The number of nitrogens with one attached hydrogen (secondary N) is 1. The predicted octanol–water partition coefficient (Wildman–Crippen LogP) is 4.62. The maximum absolute atomic E-state index is 13.0. The normalized spacial score (nSPS) is 11.7. The topological polar surface area (TPSA) is 58.1 Å². The van der Waals surface area contributed by atoms with E-state index in [1.165, 1.54) is 6.33 Å². The average Bonchev–Trinajstić information content (AvgIpc) is 2.69. The molecule has 0 fully saturated rings. The van der Waals surface area contributed by atoms with E-state index < -0.39 is 0 Å². The number of benzene rings is 2. The van der Waals surface area contributed by atoms with Gasteiger partial charge in [-0.1, -0.05) is 42.5 Å². The van der Waals surface area contributed by atoms with Crippen LogP contribution in [0.3, 0.4) is 0 Å². The maximum atomic E-state index is 13.0. The van der Waals surface area contributed by atoms with Gasteiger partial charge in [-0.25, -0.2) is 9.97 Å². The number of hydrogen-bond donors (Lipinski definition) is 1. The van der Waals surface area contributed by atoms with Crippen LogP contribution in [0.1, 0.15) is 41.5 Å². The Kier molecular flexibility index (Phi) is 5.81. The van der Waals surface area contributed by atoms with Gasteiger partial charge in [-0.05, 0) is 44.0 Å². The number of anilines is 2. The summed E-state index contributed by atoms with van der Waals surface area (Å²) in [5.74, 6) is 0.492. The van der Waals surface area contributed by atoms with Crippen molar-refractivity contribution in [2.24, 2.45) is 0 Å². The van der Waals surface area contributed by atoms with Gasteiger partial charge >= 0.3 is 0 Å². The zero-order valence-electron chi connectivity index (χ0n) is 15.9. The van der Waals surface area contributed by atoms with Crippen LogP contribution in [-0.4, -0.2) is 22.4 Å². The van der Waals surface area contributed by atoms with E-state index in [0.29, 0.717) is 18.1 Å². The molecule has 0 saturated heterocycles. The standard InChI is InChI=1S/C22H24N4O/c1-4-26(19-12-8-9-16(2)13-19)22(27)20-14-21(24-15-23-20)25-17(3)18-10-6-5-7-11-18/h5-15,17H,4H2,1-3H3,(H,23,24,25). The average molecular weight is 360 g/mol. The smallest absolute Gasteiger partial charge is 0.277 e. The van der Waals surface area contributed by atoms with Crippen LogP contribution in [0.25, 0.3) is 0 Å². The summed E-state index contributed by atoms with van der Waals surface area (Å²) in [6, 6.07) is 19.8. The minimum absolute atomic E-state index is 0.0723. The van der Waals surface area contributed by atoms with Gasteiger partial charge in [0, 0.05) is 24.3 Å². The zero-order valence-corrected chi connectivity index (χ0v) is 15.9. The quantitative estimate of drug-likeness (QED) is 0.696. The van der Waals surface area contributed by atoms with Crippen LogP contribution in [-0.2, 0) is 0 Å². The first-order valence-electron chi connectivity index (χ1n) is 9.10. The summed E-state index contributed by atoms with van der Waals surface area (Å²) in [5.41, 5.74) is 3.50. The Hall–Kier alpha value is -3.21. The number of nitrogens with zero attached hydrogens (tertiary/aromatic N) is 3. The number of aromatic nitrogens is 2. The molecule has 1 aromatic heterocycles. The third-order valence-electron chi connectivity index (χ3n) is 4.42. The fraction of sp³-hybridized carbons (Fsp3) is 0.227. The molecular weight excluding hydrogens is 336 g/mol. The molecular formula is C22H24N4O. The molecule has 1 amide bonds. The Morgan fingerprint density at radius 1 is 1.07 bits per heavy atom. The maximum Gasteiger partial charge on any atom is 0.277 e. The summed E-state index contributed by atoms with van der Waals surface area (Å²) in [7, 11) is 0. The molecule has 1 heterocycles. The molecule has 1 N–H and O–H groups in total. The van der Waals surface area contributed by atoms with Crippen molar-refractivity contribution in [3.63, 3.8) is 0 Å². The van der Waals surface area contributed by atoms with Gasteiger partial charge in [0.05, 0.1) is 0 Å². The van der Waals surface area contributed by atoms with Crippen molar-refractivity contribution in [3.8, 4) is 0 Å². The minimum atomic E-state index is -0.138. The predicted molar refractivity (Wildman–Crippen MR) is 109 cm³/mol. The van der Waals surface area contributed by atoms with Crippen molar-refractivity contribution in [1.82, 2.24) is 9.97 Å². The van der Waals surface area contributed by atoms with E-state index >= 15 is 0 Å². The molecule has 0 bridgehead atoms. The minimum Gasteiger partial charge on any atom is -0.363 e. The summed E-state index contributed by atoms with van der Waals surface area (Å²) in [6.45, 7) is 6.59. The molecule has 0 spiro atoms. The van der Waals surface area contributed by atoms with Crippen molar-refractivity contribution >= 4 is 17.4 Å². The molecule has 1 atom stereocenters. The Balaban J connectivity index is 1.80. The first-order valence-corrected chi connectivity index (χ1v) is 9.10. The Morgan fingerprint density at radius 2 is 1.85 bits per heavy atom. The molecule has 3 aromatic rings. The molecule has 0 aliphatic carbocycles. The van der Waals surface area contributed by atoms with Crippen molar-refractivity contribution in [2.75, 3.05) is 16.8 Å². The lowest BCUT2D eigenvalue weighted by atomic mass is 10.1.